The van der Waals surface area contributed by atoms with Crippen LogP contribution < -0.4 is 10.2 Å². The first-order chi connectivity index (χ1) is 5.54. The largest absolute Gasteiger partial charge is 2.00 e. The van der Waals surface area contributed by atoms with E-state index < -0.39 is 11.9 Å². The molecule has 5 heteroatoms. The monoisotopic (exact) mass is 308 g/mol. The Labute approximate surface area is 117 Å². The molecule has 0 aliphatic rings. The molecule has 0 amide bonds. The Morgan fingerprint density at radius 2 is 1.15 bits per heavy atom. The third-order valence-electron chi connectivity index (χ3n) is 0.605. The van der Waals surface area contributed by atoms with Crippen LogP contribution in [-0.2, 0) is 9.59 Å². The molecule has 0 bridgehead atoms. The van der Waals surface area contributed by atoms with Gasteiger partial charge in [-0.15, -0.1) is 0 Å². The van der Waals surface area contributed by atoms with Crippen LogP contribution in [0.1, 0.15) is 13.8 Å². The Balaban J connectivity index is -0.000000143. The van der Waals surface area contributed by atoms with Gasteiger partial charge in [0.05, 0.1) is 11.9 Å². The number of hydrogen-bond donors (Lipinski definition) is 0. The topological polar surface area (TPSA) is 80.3 Å². The summed E-state index contributed by atoms with van der Waals surface area (Å²) in [5.74, 6) is -2.28. The normalized spacial score (nSPS) is 8.77. The molecular weight excluding hydrogens is 297 g/mol. The molecule has 0 fully saturated rings. The van der Waals surface area contributed by atoms with E-state index in [2.05, 4.69) is 0 Å². The number of aliphatic carboxylic acids is 2. The number of hydrogen-bond acceptors (Lipinski definition) is 4. The molecule has 0 heterocycles. The molecular formula is C8H10BaO4. The molecule has 68 valence electrons. The second kappa shape index (κ2) is 14.5. The maximum absolute atomic E-state index is 9.40. The van der Waals surface area contributed by atoms with Gasteiger partial charge in [-0.3, -0.25) is 0 Å². The van der Waals surface area contributed by atoms with Crippen molar-refractivity contribution in [1.29, 1.82) is 0 Å². The molecule has 0 unspecified atom stereocenters. The molecule has 13 heavy (non-hydrogen) atoms. The zero-order valence-electron chi connectivity index (χ0n) is 7.65. The Morgan fingerprint density at radius 1 is 0.923 bits per heavy atom. The first-order valence-corrected chi connectivity index (χ1v) is 3.22. The Hall–Kier alpha value is -0.00857. The fourth-order valence-electron chi connectivity index (χ4n) is 0.272. The van der Waals surface area contributed by atoms with E-state index in [1.165, 1.54) is 12.2 Å². The van der Waals surface area contributed by atoms with Crippen LogP contribution in [-0.4, -0.2) is 60.8 Å². The summed E-state index contributed by atoms with van der Waals surface area (Å²) in [5, 5.41) is 18.8. The van der Waals surface area contributed by atoms with Crippen molar-refractivity contribution in [3.8, 4) is 0 Å². The maximum Gasteiger partial charge on any atom is 2.00 e. The number of carbonyl (C=O) groups excluding carboxylic acids is 2. The van der Waals surface area contributed by atoms with E-state index in [0.717, 1.165) is 12.2 Å². The van der Waals surface area contributed by atoms with E-state index in [9.17, 15) is 19.8 Å². The SMILES string of the molecule is CC=CC(=O)[O-].CC=CC(=O)[O-].[Ba+2]. The van der Waals surface area contributed by atoms with Gasteiger partial charge in [0.15, 0.2) is 0 Å². The summed E-state index contributed by atoms with van der Waals surface area (Å²) in [6.45, 7) is 3.24. The second-order valence-corrected chi connectivity index (χ2v) is 1.64. The van der Waals surface area contributed by atoms with Gasteiger partial charge in [0.1, 0.15) is 0 Å². The molecule has 0 N–H and O–H groups in total. The van der Waals surface area contributed by atoms with Crippen LogP contribution in [0, 0.1) is 0 Å². The molecule has 0 aliphatic heterocycles. The summed E-state index contributed by atoms with van der Waals surface area (Å²) >= 11 is 0. The van der Waals surface area contributed by atoms with Crippen LogP contribution >= 0.6 is 0 Å². The van der Waals surface area contributed by atoms with Crippen molar-refractivity contribution >= 4 is 60.8 Å². The van der Waals surface area contributed by atoms with Gasteiger partial charge in [-0.2, -0.15) is 0 Å². The summed E-state index contributed by atoms with van der Waals surface area (Å²) < 4.78 is 0. The average molecular weight is 307 g/mol. The quantitative estimate of drug-likeness (QED) is 0.447. The van der Waals surface area contributed by atoms with Crippen LogP contribution in [0.15, 0.2) is 24.3 Å². The van der Waals surface area contributed by atoms with E-state index in [0.29, 0.717) is 0 Å². The molecule has 0 spiro atoms. The molecule has 0 aromatic rings. The fourth-order valence-corrected chi connectivity index (χ4v) is 0.272. The third kappa shape index (κ3) is 33.3. The molecule has 0 aliphatic carbocycles. The van der Waals surface area contributed by atoms with Gasteiger partial charge in [0, 0.05) is 0 Å². The minimum Gasteiger partial charge on any atom is -0.545 e. The smallest absolute Gasteiger partial charge is 0.545 e. The van der Waals surface area contributed by atoms with Crippen LogP contribution in [0.4, 0.5) is 0 Å². The Morgan fingerprint density at radius 3 is 1.15 bits per heavy atom. The van der Waals surface area contributed by atoms with E-state index in [-0.39, 0.29) is 48.9 Å². The molecule has 0 radical (unpaired) electrons. The van der Waals surface area contributed by atoms with Gasteiger partial charge in [-0.05, 0) is 26.0 Å². The van der Waals surface area contributed by atoms with Gasteiger partial charge in [-0.25, -0.2) is 0 Å². The van der Waals surface area contributed by atoms with Gasteiger partial charge >= 0.3 is 48.9 Å². The second-order valence-electron chi connectivity index (χ2n) is 1.64. The van der Waals surface area contributed by atoms with Crippen molar-refractivity contribution in [1.82, 2.24) is 0 Å². The standard InChI is InChI=1S/2C4H6O2.Ba/c2*1-2-3-4(5)6;/h2*2-3H,1H3,(H,5,6);/q;;+2/p-2. The predicted molar refractivity (Wildman–Crippen MR) is 45.4 cm³/mol. The van der Waals surface area contributed by atoms with Crippen LogP contribution in [0.2, 0.25) is 0 Å². The van der Waals surface area contributed by atoms with Crippen molar-refractivity contribution in [2.75, 3.05) is 0 Å². The van der Waals surface area contributed by atoms with Crippen LogP contribution in [0.3, 0.4) is 0 Å². The molecule has 0 atom stereocenters. The zero-order chi connectivity index (χ0) is 9.98. The minimum atomic E-state index is -1.14. The number of carboxylic acids is 2. The Kier molecular flexibility index (Phi) is 20.9. The average Bonchev–Trinajstić information content (AvgIpc) is 1.87. The molecule has 0 saturated carbocycles. The molecule has 4 nitrogen and oxygen atoms in total. The first kappa shape index (κ1) is 18.7. The summed E-state index contributed by atoms with van der Waals surface area (Å²) in [5.41, 5.74) is 0. The van der Waals surface area contributed by atoms with Crippen molar-refractivity contribution in [3.05, 3.63) is 24.3 Å². The van der Waals surface area contributed by atoms with Gasteiger partial charge in [0.2, 0.25) is 0 Å². The first-order valence-electron chi connectivity index (χ1n) is 3.22. The summed E-state index contributed by atoms with van der Waals surface area (Å²) in [6, 6.07) is 0. The van der Waals surface area contributed by atoms with Crippen molar-refractivity contribution < 1.29 is 19.8 Å². The predicted octanol–water partition coefficient (Wildman–Crippen LogP) is -1.76. The number of carboxylic acid groups (broad SMARTS) is 2. The number of rotatable bonds is 2. The van der Waals surface area contributed by atoms with Crippen molar-refractivity contribution in [2.45, 2.75) is 13.8 Å². The molecule has 0 rings (SSSR count). The van der Waals surface area contributed by atoms with E-state index in [4.69, 9.17) is 0 Å². The molecule has 0 aromatic heterocycles. The number of carbonyl (C=O) groups is 2. The summed E-state index contributed by atoms with van der Waals surface area (Å²) in [4.78, 5) is 18.8. The fraction of sp³-hybridized carbons (Fsp3) is 0.250. The molecule has 0 saturated heterocycles. The summed E-state index contributed by atoms with van der Waals surface area (Å²) in [6.07, 6.45) is 4.77. The van der Waals surface area contributed by atoms with Crippen LogP contribution in [0.5, 0.6) is 0 Å². The van der Waals surface area contributed by atoms with Crippen molar-refractivity contribution in [2.24, 2.45) is 0 Å². The Bertz CT molecular complexity index is 174. The zero-order valence-corrected chi connectivity index (χ0v) is 12.1. The van der Waals surface area contributed by atoms with E-state index in [1.54, 1.807) is 13.8 Å². The third-order valence-corrected chi connectivity index (χ3v) is 0.605. The van der Waals surface area contributed by atoms with Crippen LogP contribution in [0.25, 0.3) is 0 Å². The molecule has 0 aromatic carbocycles. The van der Waals surface area contributed by atoms with Gasteiger partial charge in [0.25, 0.3) is 0 Å². The summed E-state index contributed by atoms with van der Waals surface area (Å²) in [7, 11) is 0. The van der Waals surface area contributed by atoms with E-state index >= 15 is 0 Å². The van der Waals surface area contributed by atoms with Gasteiger partial charge in [-0.1, -0.05) is 12.2 Å². The van der Waals surface area contributed by atoms with Crippen molar-refractivity contribution in [3.63, 3.8) is 0 Å². The number of allylic oxidation sites excluding steroid dienone is 2. The van der Waals surface area contributed by atoms with Gasteiger partial charge < -0.3 is 19.8 Å². The van der Waals surface area contributed by atoms with E-state index in [1.807, 2.05) is 0 Å². The maximum atomic E-state index is 9.40. The minimum absolute atomic E-state index is 0.